The number of fused-ring (bicyclic) bond motifs is 1. The van der Waals surface area contributed by atoms with Crippen molar-refractivity contribution in [3.8, 4) is 11.3 Å². The van der Waals surface area contributed by atoms with Gasteiger partial charge >= 0.3 is 6.03 Å². The van der Waals surface area contributed by atoms with Gasteiger partial charge in [-0.1, -0.05) is 57.0 Å². The van der Waals surface area contributed by atoms with Gasteiger partial charge in [0, 0.05) is 24.3 Å². The SMILES string of the molecule is CCCCn1c(C)cc2c(c(C3C(=O)NC(=O)NC3=O)c(-c3ccccc3)n2CCCC)c1=O. The smallest absolute Gasteiger partial charge is 0.328 e. The summed E-state index contributed by atoms with van der Waals surface area (Å²) in [7, 11) is 0. The number of unbranched alkanes of at least 4 members (excludes halogenated alkanes) is 2. The Bertz CT molecular complexity index is 1300. The number of rotatable bonds is 8. The van der Waals surface area contributed by atoms with Crippen LogP contribution >= 0.6 is 0 Å². The summed E-state index contributed by atoms with van der Waals surface area (Å²) in [6.07, 6.45) is 3.57. The highest BCUT2D eigenvalue weighted by atomic mass is 16.2. The number of amides is 4. The number of pyridine rings is 1. The van der Waals surface area contributed by atoms with Crippen molar-refractivity contribution in [1.29, 1.82) is 0 Å². The van der Waals surface area contributed by atoms with Crippen LogP contribution in [0.15, 0.2) is 41.2 Å². The number of barbiturate groups is 1. The Hall–Kier alpha value is -3.68. The first-order valence-corrected chi connectivity index (χ1v) is 11.9. The molecule has 0 aliphatic carbocycles. The first kappa shape index (κ1) is 23.5. The van der Waals surface area contributed by atoms with E-state index in [2.05, 4.69) is 29.0 Å². The van der Waals surface area contributed by atoms with Crippen molar-refractivity contribution in [1.82, 2.24) is 19.8 Å². The van der Waals surface area contributed by atoms with E-state index in [1.807, 2.05) is 43.3 Å². The first-order valence-electron chi connectivity index (χ1n) is 11.9. The van der Waals surface area contributed by atoms with E-state index in [4.69, 9.17) is 0 Å². The number of benzene rings is 1. The van der Waals surface area contributed by atoms with Crippen LogP contribution in [0.1, 0.15) is 56.7 Å². The topological polar surface area (TPSA) is 102 Å². The normalized spacial score (nSPS) is 14.5. The molecule has 0 atom stereocenters. The van der Waals surface area contributed by atoms with Crippen LogP contribution in [0.25, 0.3) is 22.2 Å². The molecule has 0 bridgehead atoms. The van der Waals surface area contributed by atoms with Crippen LogP contribution in [0.4, 0.5) is 4.79 Å². The Kier molecular flexibility index (Phi) is 6.68. The third kappa shape index (κ3) is 4.04. The van der Waals surface area contributed by atoms with E-state index >= 15 is 0 Å². The maximum atomic E-state index is 13.9. The molecule has 4 amide bonds. The number of carbonyl (C=O) groups is 3. The summed E-state index contributed by atoms with van der Waals surface area (Å²) >= 11 is 0. The lowest BCUT2D eigenvalue weighted by Gasteiger charge is -2.22. The Balaban J connectivity index is 2.13. The van der Waals surface area contributed by atoms with E-state index in [9.17, 15) is 19.2 Å². The molecule has 34 heavy (non-hydrogen) atoms. The van der Waals surface area contributed by atoms with Crippen LogP contribution in [0, 0.1) is 6.92 Å². The van der Waals surface area contributed by atoms with Gasteiger partial charge in [-0.25, -0.2) is 4.79 Å². The van der Waals surface area contributed by atoms with Crippen molar-refractivity contribution in [2.24, 2.45) is 0 Å². The third-order valence-electron chi connectivity index (χ3n) is 6.38. The highest BCUT2D eigenvalue weighted by Gasteiger charge is 2.40. The summed E-state index contributed by atoms with van der Waals surface area (Å²) in [5.74, 6) is -2.76. The van der Waals surface area contributed by atoms with Gasteiger partial charge in [-0.2, -0.15) is 0 Å². The predicted molar refractivity (Wildman–Crippen MR) is 131 cm³/mol. The summed E-state index contributed by atoms with van der Waals surface area (Å²) in [6.45, 7) is 7.25. The zero-order chi connectivity index (χ0) is 24.4. The molecule has 0 unspecified atom stereocenters. The van der Waals surface area contributed by atoms with Crippen LogP contribution in [0.2, 0.25) is 0 Å². The molecule has 0 spiro atoms. The van der Waals surface area contributed by atoms with Gasteiger partial charge in [0.15, 0.2) is 0 Å². The molecule has 8 nitrogen and oxygen atoms in total. The number of carbonyl (C=O) groups excluding carboxylic acids is 3. The van der Waals surface area contributed by atoms with Crippen LogP contribution in [0.3, 0.4) is 0 Å². The van der Waals surface area contributed by atoms with Gasteiger partial charge in [-0.05, 0) is 31.4 Å². The van der Waals surface area contributed by atoms with Crippen molar-refractivity contribution in [3.63, 3.8) is 0 Å². The summed E-state index contributed by atoms with van der Waals surface area (Å²) in [6, 6.07) is 10.6. The van der Waals surface area contributed by atoms with Gasteiger partial charge in [0.05, 0.1) is 16.6 Å². The van der Waals surface area contributed by atoms with Gasteiger partial charge in [-0.3, -0.25) is 25.0 Å². The molecular formula is C26H30N4O4. The Morgan fingerprint density at radius 2 is 1.44 bits per heavy atom. The second-order valence-corrected chi connectivity index (χ2v) is 8.73. The van der Waals surface area contributed by atoms with Crippen molar-refractivity contribution in [3.05, 3.63) is 58.0 Å². The zero-order valence-electron chi connectivity index (χ0n) is 19.8. The molecule has 1 saturated heterocycles. The highest BCUT2D eigenvalue weighted by Crippen LogP contribution is 2.38. The average Bonchev–Trinajstić information content (AvgIpc) is 3.11. The van der Waals surface area contributed by atoms with Crippen LogP contribution in [-0.2, 0) is 22.7 Å². The van der Waals surface area contributed by atoms with Crippen molar-refractivity contribution in [2.75, 3.05) is 0 Å². The molecule has 3 aromatic rings. The largest absolute Gasteiger partial charge is 0.340 e. The number of hydrogen-bond donors (Lipinski definition) is 2. The quantitative estimate of drug-likeness (QED) is 0.497. The Morgan fingerprint density at radius 1 is 0.853 bits per heavy atom. The minimum Gasteiger partial charge on any atom is -0.340 e. The molecule has 8 heteroatoms. The van der Waals surface area contributed by atoms with Gasteiger partial charge in [0.2, 0.25) is 11.8 Å². The fourth-order valence-corrected chi connectivity index (χ4v) is 4.71. The van der Waals surface area contributed by atoms with E-state index in [-0.39, 0.29) is 5.56 Å². The Morgan fingerprint density at radius 3 is 2.03 bits per heavy atom. The highest BCUT2D eigenvalue weighted by molar-refractivity contribution is 6.21. The Labute approximate surface area is 198 Å². The van der Waals surface area contributed by atoms with Crippen molar-refractivity contribution >= 4 is 28.7 Å². The fraction of sp³-hybridized carbons (Fsp3) is 0.385. The molecule has 0 radical (unpaired) electrons. The van der Waals surface area contributed by atoms with Gasteiger partial charge in [0.25, 0.3) is 5.56 Å². The average molecular weight is 463 g/mol. The third-order valence-corrected chi connectivity index (χ3v) is 6.38. The molecule has 178 valence electrons. The monoisotopic (exact) mass is 462 g/mol. The predicted octanol–water partition coefficient (Wildman–Crippen LogP) is 3.83. The van der Waals surface area contributed by atoms with E-state index in [1.54, 1.807) is 4.57 Å². The second kappa shape index (κ2) is 9.67. The molecule has 2 aromatic heterocycles. The zero-order valence-corrected chi connectivity index (χ0v) is 19.8. The maximum absolute atomic E-state index is 13.9. The maximum Gasteiger partial charge on any atom is 0.328 e. The lowest BCUT2D eigenvalue weighted by atomic mass is 9.91. The minimum absolute atomic E-state index is 0.219. The standard InChI is InChI=1S/C26H30N4O4/c1-4-6-13-29-16(3)15-18-19(25(29)33)20(21-23(31)27-26(34)28-24(21)32)22(30(18)14-7-5-2)17-11-9-8-10-12-17/h8-12,15,21H,4-7,13-14H2,1-3H3,(H2,27,28,31,32,34). The molecule has 1 aromatic carbocycles. The number of urea groups is 1. The van der Waals surface area contributed by atoms with Crippen LogP contribution in [-0.4, -0.2) is 27.0 Å². The van der Waals surface area contributed by atoms with Gasteiger partial charge in [-0.15, -0.1) is 0 Å². The minimum atomic E-state index is -1.31. The van der Waals surface area contributed by atoms with Crippen LogP contribution < -0.4 is 16.2 Å². The number of imide groups is 2. The molecule has 3 heterocycles. The molecule has 1 aliphatic heterocycles. The second-order valence-electron chi connectivity index (χ2n) is 8.73. The molecule has 2 N–H and O–H groups in total. The number of aromatic nitrogens is 2. The molecular weight excluding hydrogens is 432 g/mol. The number of hydrogen-bond acceptors (Lipinski definition) is 4. The first-order chi connectivity index (χ1) is 16.4. The lowest BCUT2D eigenvalue weighted by Crippen LogP contribution is -2.54. The van der Waals surface area contributed by atoms with Gasteiger partial charge in [0.1, 0.15) is 5.92 Å². The lowest BCUT2D eigenvalue weighted by molar-refractivity contribution is -0.132. The summed E-state index contributed by atoms with van der Waals surface area (Å²) in [4.78, 5) is 51.6. The summed E-state index contributed by atoms with van der Waals surface area (Å²) < 4.78 is 3.77. The number of nitrogens with one attached hydrogen (secondary N) is 2. The number of nitrogens with zero attached hydrogens (tertiary/aromatic N) is 2. The van der Waals surface area contributed by atoms with E-state index in [0.717, 1.165) is 36.9 Å². The van der Waals surface area contributed by atoms with Crippen LogP contribution in [0.5, 0.6) is 0 Å². The van der Waals surface area contributed by atoms with E-state index in [0.29, 0.717) is 35.2 Å². The van der Waals surface area contributed by atoms with Crippen molar-refractivity contribution < 1.29 is 14.4 Å². The summed E-state index contributed by atoms with van der Waals surface area (Å²) in [5, 5.41) is 4.77. The van der Waals surface area contributed by atoms with E-state index in [1.165, 1.54) is 0 Å². The molecule has 4 rings (SSSR count). The molecule has 1 aliphatic rings. The van der Waals surface area contributed by atoms with Gasteiger partial charge < -0.3 is 9.13 Å². The number of aryl methyl sites for hydroxylation is 2. The van der Waals surface area contributed by atoms with Crippen molar-refractivity contribution in [2.45, 2.75) is 65.5 Å². The molecule has 0 saturated carbocycles. The van der Waals surface area contributed by atoms with E-state index < -0.39 is 23.8 Å². The fourth-order valence-electron chi connectivity index (χ4n) is 4.71. The molecule has 1 fully saturated rings. The summed E-state index contributed by atoms with van der Waals surface area (Å²) in [5.41, 5.74) is 3.14.